The molecule has 0 saturated heterocycles. The van der Waals surface area contributed by atoms with Gasteiger partial charge in [0, 0.05) is 10.0 Å². The Morgan fingerprint density at radius 1 is 1.38 bits per heavy atom. The quantitative estimate of drug-likeness (QED) is 0.533. The fraction of sp³-hybridized carbons (Fsp3) is 0.0769. The van der Waals surface area contributed by atoms with E-state index < -0.39 is 4.92 Å². The lowest BCUT2D eigenvalue weighted by molar-refractivity contribution is -0.385. The number of nitro groups is 1. The van der Waals surface area contributed by atoms with Crippen LogP contribution < -0.4 is 0 Å². The molecular formula is C13H9BrN4O3. The van der Waals surface area contributed by atoms with Crippen LogP contribution in [0.25, 0.3) is 11.3 Å². The third-order valence-electron chi connectivity index (χ3n) is 2.79. The van der Waals surface area contributed by atoms with Gasteiger partial charge in [-0.3, -0.25) is 14.8 Å². The highest BCUT2D eigenvalue weighted by molar-refractivity contribution is 9.10. The van der Waals surface area contributed by atoms with E-state index in [0.29, 0.717) is 11.7 Å². The van der Waals surface area contributed by atoms with Gasteiger partial charge in [0.2, 0.25) is 5.89 Å². The summed E-state index contributed by atoms with van der Waals surface area (Å²) in [4.78, 5) is 14.3. The molecule has 1 aromatic carbocycles. The number of halogens is 1. The number of hydrogen-bond acceptors (Lipinski definition) is 5. The van der Waals surface area contributed by atoms with E-state index in [1.165, 1.54) is 17.1 Å². The minimum absolute atomic E-state index is 0.0613. The number of rotatable bonds is 4. The first-order valence-corrected chi connectivity index (χ1v) is 6.78. The van der Waals surface area contributed by atoms with Crippen molar-refractivity contribution in [3.63, 3.8) is 0 Å². The predicted octanol–water partition coefficient (Wildman–Crippen LogP) is 3.26. The van der Waals surface area contributed by atoms with Crippen molar-refractivity contribution in [1.82, 2.24) is 14.8 Å². The summed E-state index contributed by atoms with van der Waals surface area (Å²) >= 11 is 3.40. The number of nitrogens with zero attached hydrogens (tertiary/aromatic N) is 4. The molecule has 0 amide bonds. The molecule has 0 unspecified atom stereocenters. The molecule has 0 saturated carbocycles. The predicted molar refractivity (Wildman–Crippen MR) is 77.6 cm³/mol. The van der Waals surface area contributed by atoms with Crippen molar-refractivity contribution < 1.29 is 9.34 Å². The van der Waals surface area contributed by atoms with Gasteiger partial charge in [0.1, 0.15) is 18.9 Å². The first-order valence-electron chi connectivity index (χ1n) is 5.99. The monoisotopic (exact) mass is 348 g/mol. The molecule has 0 radical (unpaired) electrons. The molecular weight excluding hydrogens is 340 g/mol. The molecule has 7 nitrogen and oxygen atoms in total. The summed E-state index contributed by atoms with van der Waals surface area (Å²) in [5.74, 6) is 1.07. The summed E-state index contributed by atoms with van der Waals surface area (Å²) < 4.78 is 7.99. The van der Waals surface area contributed by atoms with Crippen LogP contribution in [-0.2, 0) is 6.54 Å². The Morgan fingerprint density at radius 2 is 2.24 bits per heavy atom. The molecule has 106 valence electrons. The SMILES string of the molecule is O=[N+]([O-])c1cnn(Cc2ncc(-c3cccc(Br)c3)o2)c1. The van der Waals surface area contributed by atoms with Gasteiger partial charge in [0.25, 0.3) is 0 Å². The highest BCUT2D eigenvalue weighted by Gasteiger charge is 2.12. The highest BCUT2D eigenvalue weighted by atomic mass is 79.9. The van der Waals surface area contributed by atoms with Gasteiger partial charge in [-0.1, -0.05) is 28.1 Å². The van der Waals surface area contributed by atoms with Crippen molar-refractivity contribution in [2.24, 2.45) is 0 Å². The van der Waals surface area contributed by atoms with Crippen LogP contribution in [0.5, 0.6) is 0 Å². The minimum atomic E-state index is -0.494. The smallest absolute Gasteiger partial charge is 0.307 e. The maximum atomic E-state index is 10.6. The second-order valence-corrected chi connectivity index (χ2v) is 5.20. The Kier molecular flexibility index (Phi) is 3.53. The van der Waals surface area contributed by atoms with Crippen molar-refractivity contribution in [3.8, 4) is 11.3 Å². The van der Waals surface area contributed by atoms with E-state index in [1.54, 1.807) is 6.20 Å². The zero-order valence-electron chi connectivity index (χ0n) is 10.6. The summed E-state index contributed by atoms with van der Waals surface area (Å²) in [7, 11) is 0. The Balaban J connectivity index is 1.80. The van der Waals surface area contributed by atoms with Crippen LogP contribution in [0.15, 0.2) is 51.7 Å². The van der Waals surface area contributed by atoms with E-state index in [9.17, 15) is 10.1 Å². The van der Waals surface area contributed by atoms with Crippen molar-refractivity contribution in [3.05, 3.63) is 63.3 Å². The molecule has 3 aromatic rings. The van der Waals surface area contributed by atoms with Crippen molar-refractivity contribution in [2.75, 3.05) is 0 Å². The molecule has 0 aliphatic rings. The molecule has 0 N–H and O–H groups in total. The Morgan fingerprint density at radius 3 is 2.95 bits per heavy atom. The zero-order valence-corrected chi connectivity index (χ0v) is 12.2. The number of benzene rings is 1. The topological polar surface area (TPSA) is 87.0 Å². The number of aromatic nitrogens is 3. The summed E-state index contributed by atoms with van der Waals surface area (Å²) in [5.41, 5.74) is 0.836. The summed E-state index contributed by atoms with van der Waals surface area (Å²) in [6.45, 7) is 0.238. The maximum Gasteiger partial charge on any atom is 0.307 e. The van der Waals surface area contributed by atoms with Crippen molar-refractivity contribution in [2.45, 2.75) is 6.54 Å². The maximum absolute atomic E-state index is 10.6. The second-order valence-electron chi connectivity index (χ2n) is 4.28. The molecule has 21 heavy (non-hydrogen) atoms. The Labute approximate surface area is 127 Å². The van der Waals surface area contributed by atoms with Gasteiger partial charge < -0.3 is 4.42 Å². The van der Waals surface area contributed by atoms with Crippen LogP contribution >= 0.6 is 15.9 Å². The molecule has 0 fully saturated rings. The minimum Gasteiger partial charge on any atom is -0.439 e. The normalized spacial score (nSPS) is 10.7. The first kappa shape index (κ1) is 13.5. The van der Waals surface area contributed by atoms with Crippen LogP contribution in [0.4, 0.5) is 5.69 Å². The molecule has 3 rings (SSSR count). The van der Waals surface area contributed by atoms with Gasteiger partial charge in [-0.05, 0) is 12.1 Å². The van der Waals surface area contributed by atoms with Gasteiger partial charge in [-0.15, -0.1) is 0 Å². The summed E-state index contributed by atoms with van der Waals surface area (Å²) in [6.07, 6.45) is 4.15. The largest absolute Gasteiger partial charge is 0.439 e. The molecule has 0 bridgehead atoms. The standard InChI is InChI=1S/C13H9BrN4O3/c14-10-3-1-2-9(4-10)12-6-15-13(21-12)8-17-7-11(5-16-17)18(19)20/h1-7H,8H2. The van der Waals surface area contributed by atoms with Crippen LogP contribution in [0, 0.1) is 10.1 Å². The molecule has 0 aliphatic carbocycles. The van der Waals surface area contributed by atoms with E-state index in [4.69, 9.17) is 4.42 Å². The van der Waals surface area contributed by atoms with Gasteiger partial charge in [0.15, 0.2) is 5.76 Å². The molecule has 0 aliphatic heterocycles. The second kappa shape index (κ2) is 5.49. The fourth-order valence-electron chi connectivity index (χ4n) is 1.83. The average Bonchev–Trinajstić information content (AvgIpc) is 3.08. The lowest BCUT2D eigenvalue weighted by Crippen LogP contribution is -1.99. The first-order chi connectivity index (χ1) is 10.1. The van der Waals surface area contributed by atoms with Gasteiger partial charge in [0.05, 0.1) is 11.1 Å². The van der Waals surface area contributed by atoms with E-state index in [2.05, 4.69) is 26.0 Å². The summed E-state index contributed by atoms with van der Waals surface area (Å²) in [5, 5.41) is 14.5. The molecule has 8 heteroatoms. The zero-order chi connectivity index (χ0) is 14.8. The third kappa shape index (κ3) is 3.00. The van der Waals surface area contributed by atoms with Gasteiger partial charge in [-0.25, -0.2) is 4.98 Å². The van der Waals surface area contributed by atoms with Crippen LogP contribution in [0.2, 0.25) is 0 Å². The molecule has 2 aromatic heterocycles. The highest BCUT2D eigenvalue weighted by Crippen LogP contribution is 2.24. The van der Waals surface area contributed by atoms with E-state index in [-0.39, 0.29) is 12.2 Å². The van der Waals surface area contributed by atoms with Crippen LogP contribution in [-0.4, -0.2) is 19.7 Å². The van der Waals surface area contributed by atoms with E-state index >= 15 is 0 Å². The van der Waals surface area contributed by atoms with Gasteiger partial charge >= 0.3 is 5.69 Å². The van der Waals surface area contributed by atoms with E-state index in [0.717, 1.165) is 10.0 Å². The van der Waals surface area contributed by atoms with Crippen molar-refractivity contribution >= 4 is 21.6 Å². The average molecular weight is 349 g/mol. The fourth-order valence-corrected chi connectivity index (χ4v) is 2.23. The lowest BCUT2D eigenvalue weighted by atomic mass is 10.2. The Bertz CT molecular complexity index is 796. The summed E-state index contributed by atoms with van der Waals surface area (Å²) in [6, 6.07) is 7.65. The number of oxazole rings is 1. The third-order valence-corrected chi connectivity index (χ3v) is 3.28. The van der Waals surface area contributed by atoms with Crippen LogP contribution in [0.1, 0.15) is 5.89 Å². The molecule has 2 heterocycles. The van der Waals surface area contributed by atoms with E-state index in [1.807, 2.05) is 24.3 Å². The number of hydrogen-bond donors (Lipinski definition) is 0. The van der Waals surface area contributed by atoms with Crippen LogP contribution in [0.3, 0.4) is 0 Å². The molecule has 0 atom stereocenters. The Hall–Kier alpha value is -2.48. The lowest BCUT2D eigenvalue weighted by Gasteiger charge is -1.97. The molecule has 0 spiro atoms. The van der Waals surface area contributed by atoms with Gasteiger partial charge in [-0.2, -0.15) is 5.10 Å². The van der Waals surface area contributed by atoms with Crippen molar-refractivity contribution in [1.29, 1.82) is 0 Å².